The van der Waals surface area contributed by atoms with Crippen LogP contribution in [0.5, 0.6) is 0 Å². The third-order valence-electron chi connectivity index (χ3n) is 1.76. The topological polar surface area (TPSA) is 49.7 Å². The summed E-state index contributed by atoms with van der Waals surface area (Å²) >= 11 is 0. The quantitative estimate of drug-likeness (QED) is 0.575. The molecule has 0 radical (unpaired) electrons. The van der Waals surface area contributed by atoms with E-state index in [1.807, 2.05) is 6.08 Å². The van der Waals surface area contributed by atoms with Crippen molar-refractivity contribution in [2.24, 2.45) is 0 Å². The lowest BCUT2D eigenvalue weighted by Crippen LogP contribution is -2.40. The van der Waals surface area contributed by atoms with E-state index in [0.29, 0.717) is 6.42 Å². The summed E-state index contributed by atoms with van der Waals surface area (Å²) in [6, 6.07) is 0. The summed E-state index contributed by atoms with van der Waals surface area (Å²) in [4.78, 5) is 0. The van der Waals surface area contributed by atoms with Gasteiger partial charge in [0.25, 0.3) is 0 Å². The number of rotatable bonds is 2. The molecule has 3 heteroatoms. The van der Waals surface area contributed by atoms with Crippen LogP contribution in [0.1, 0.15) is 12.8 Å². The van der Waals surface area contributed by atoms with Crippen LogP contribution in [-0.2, 0) is 4.74 Å². The molecule has 0 fully saturated rings. The maximum atomic E-state index is 8.82. The first-order valence-electron chi connectivity index (χ1n) is 3.37. The summed E-state index contributed by atoms with van der Waals surface area (Å²) in [6.45, 7) is -0.234. The van der Waals surface area contributed by atoms with E-state index in [0.717, 1.165) is 6.42 Å². The van der Waals surface area contributed by atoms with Crippen LogP contribution in [0, 0.1) is 0 Å². The minimum Gasteiger partial charge on any atom is -0.490 e. The van der Waals surface area contributed by atoms with Gasteiger partial charge in [-0.3, -0.25) is 0 Å². The predicted molar refractivity (Wildman–Crippen MR) is 36.4 cm³/mol. The second kappa shape index (κ2) is 3.03. The Labute approximate surface area is 59.9 Å². The van der Waals surface area contributed by atoms with Crippen LogP contribution in [0.2, 0.25) is 0 Å². The molecule has 1 aliphatic heterocycles. The van der Waals surface area contributed by atoms with E-state index in [-0.39, 0.29) is 13.2 Å². The molecule has 0 saturated carbocycles. The van der Waals surface area contributed by atoms with Crippen LogP contribution in [0.3, 0.4) is 0 Å². The molecule has 0 spiro atoms. The maximum absolute atomic E-state index is 8.82. The lowest BCUT2D eigenvalue weighted by molar-refractivity contribution is -0.0754. The molecule has 3 nitrogen and oxygen atoms in total. The predicted octanol–water partition coefficient (Wildman–Crippen LogP) is 0.0339. The van der Waals surface area contributed by atoms with Gasteiger partial charge in [0.05, 0.1) is 19.5 Å². The van der Waals surface area contributed by atoms with E-state index in [9.17, 15) is 0 Å². The molecule has 0 aromatic rings. The average Bonchev–Trinajstić information content (AvgIpc) is 2.06. The first kappa shape index (κ1) is 7.57. The van der Waals surface area contributed by atoms with Crippen LogP contribution in [-0.4, -0.2) is 29.0 Å². The molecule has 0 aromatic carbocycles. The van der Waals surface area contributed by atoms with E-state index in [4.69, 9.17) is 14.9 Å². The van der Waals surface area contributed by atoms with Gasteiger partial charge in [-0.1, -0.05) is 0 Å². The van der Waals surface area contributed by atoms with Crippen LogP contribution in [0.25, 0.3) is 0 Å². The van der Waals surface area contributed by atoms with Gasteiger partial charge in [0.15, 0.2) is 5.60 Å². The third-order valence-corrected chi connectivity index (χ3v) is 1.76. The summed E-state index contributed by atoms with van der Waals surface area (Å²) in [6.07, 6.45) is 4.97. The smallest absolute Gasteiger partial charge is 0.154 e. The minimum atomic E-state index is -0.714. The minimum absolute atomic E-state index is 0.117. The second-order valence-electron chi connectivity index (χ2n) is 2.53. The molecule has 1 rings (SSSR count). The molecule has 1 aliphatic rings. The fraction of sp³-hybridized carbons (Fsp3) is 0.714. The van der Waals surface area contributed by atoms with Crippen molar-refractivity contribution in [1.29, 1.82) is 0 Å². The summed E-state index contributed by atoms with van der Waals surface area (Å²) in [5.74, 6) is 0. The summed E-state index contributed by atoms with van der Waals surface area (Å²) < 4.78 is 5.08. The van der Waals surface area contributed by atoms with Crippen molar-refractivity contribution in [3.05, 3.63) is 12.3 Å². The van der Waals surface area contributed by atoms with Crippen molar-refractivity contribution in [3.63, 3.8) is 0 Å². The number of aliphatic hydroxyl groups excluding tert-OH is 2. The van der Waals surface area contributed by atoms with Crippen LogP contribution >= 0.6 is 0 Å². The SMILES string of the molecule is OCC1(CO)CCC=CO1. The first-order chi connectivity index (χ1) is 4.83. The zero-order valence-corrected chi connectivity index (χ0v) is 5.79. The van der Waals surface area contributed by atoms with Gasteiger partial charge in [0.1, 0.15) is 0 Å². The zero-order chi connectivity index (χ0) is 7.45. The summed E-state index contributed by atoms with van der Waals surface area (Å²) in [5, 5.41) is 17.6. The third kappa shape index (κ3) is 1.30. The van der Waals surface area contributed by atoms with Gasteiger partial charge in [-0.15, -0.1) is 0 Å². The van der Waals surface area contributed by atoms with E-state index in [1.54, 1.807) is 0 Å². The molecule has 10 heavy (non-hydrogen) atoms. The molecule has 0 aromatic heterocycles. The van der Waals surface area contributed by atoms with Crippen LogP contribution in [0.4, 0.5) is 0 Å². The number of hydrogen-bond donors (Lipinski definition) is 2. The highest BCUT2D eigenvalue weighted by atomic mass is 16.5. The maximum Gasteiger partial charge on any atom is 0.154 e. The van der Waals surface area contributed by atoms with Crippen molar-refractivity contribution < 1.29 is 14.9 Å². The van der Waals surface area contributed by atoms with Crippen LogP contribution in [0.15, 0.2) is 12.3 Å². The normalized spacial score (nSPS) is 22.2. The van der Waals surface area contributed by atoms with E-state index >= 15 is 0 Å². The molecule has 58 valence electrons. The molecule has 0 bridgehead atoms. The number of allylic oxidation sites excluding steroid dienone is 1. The van der Waals surface area contributed by atoms with Gasteiger partial charge >= 0.3 is 0 Å². The monoisotopic (exact) mass is 144 g/mol. The fourth-order valence-electron chi connectivity index (χ4n) is 0.948. The highest BCUT2D eigenvalue weighted by molar-refractivity contribution is 4.91. The first-order valence-corrected chi connectivity index (χ1v) is 3.37. The molecule has 0 unspecified atom stereocenters. The lowest BCUT2D eigenvalue weighted by atomic mass is 9.98. The van der Waals surface area contributed by atoms with Gasteiger partial charge in [0.2, 0.25) is 0 Å². The number of hydrogen-bond acceptors (Lipinski definition) is 3. The Morgan fingerprint density at radius 1 is 1.40 bits per heavy atom. The molecular formula is C7H12O3. The Bertz CT molecular complexity index is 127. The lowest BCUT2D eigenvalue weighted by Gasteiger charge is -2.31. The molecule has 1 heterocycles. The summed E-state index contributed by atoms with van der Waals surface area (Å²) in [5.41, 5.74) is -0.714. The van der Waals surface area contributed by atoms with E-state index in [1.165, 1.54) is 6.26 Å². The summed E-state index contributed by atoms with van der Waals surface area (Å²) in [7, 11) is 0. The Morgan fingerprint density at radius 3 is 2.40 bits per heavy atom. The van der Waals surface area contributed by atoms with Crippen molar-refractivity contribution >= 4 is 0 Å². The highest BCUT2D eigenvalue weighted by Gasteiger charge is 2.30. The fourth-order valence-corrected chi connectivity index (χ4v) is 0.948. The van der Waals surface area contributed by atoms with Gasteiger partial charge < -0.3 is 14.9 Å². The van der Waals surface area contributed by atoms with Crippen molar-refractivity contribution in [3.8, 4) is 0 Å². The Kier molecular flexibility index (Phi) is 2.29. The zero-order valence-electron chi connectivity index (χ0n) is 5.79. The standard InChI is InChI=1S/C7H12O3/c8-5-7(6-9)3-1-2-4-10-7/h2,4,8-9H,1,3,5-6H2. The van der Waals surface area contributed by atoms with Gasteiger partial charge in [-0.05, 0) is 18.9 Å². The number of ether oxygens (including phenoxy) is 1. The van der Waals surface area contributed by atoms with Gasteiger partial charge in [-0.2, -0.15) is 0 Å². The molecular weight excluding hydrogens is 132 g/mol. The average molecular weight is 144 g/mol. The molecule has 0 saturated heterocycles. The molecule has 2 N–H and O–H groups in total. The highest BCUT2D eigenvalue weighted by Crippen LogP contribution is 2.21. The van der Waals surface area contributed by atoms with Crippen molar-refractivity contribution in [2.45, 2.75) is 18.4 Å². The largest absolute Gasteiger partial charge is 0.490 e. The van der Waals surface area contributed by atoms with Gasteiger partial charge in [-0.25, -0.2) is 0 Å². The van der Waals surface area contributed by atoms with Crippen molar-refractivity contribution in [1.82, 2.24) is 0 Å². The molecule has 0 amide bonds. The Morgan fingerprint density at radius 2 is 2.10 bits per heavy atom. The van der Waals surface area contributed by atoms with E-state index < -0.39 is 5.60 Å². The second-order valence-corrected chi connectivity index (χ2v) is 2.53. The molecule has 0 atom stereocenters. The van der Waals surface area contributed by atoms with Gasteiger partial charge in [0, 0.05) is 0 Å². The van der Waals surface area contributed by atoms with E-state index in [2.05, 4.69) is 0 Å². The van der Waals surface area contributed by atoms with Crippen molar-refractivity contribution in [2.75, 3.05) is 13.2 Å². The molecule has 0 aliphatic carbocycles. The Hall–Kier alpha value is -0.540. The van der Waals surface area contributed by atoms with Crippen LogP contribution < -0.4 is 0 Å². The number of aliphatic hydroxyl groups is 2. The Balaban J connectivity index is 2.55.